The molecule has 10 rings (SSSR count). The van der Waals surface area contributed by atoms with Gasteiger partial charge in [-0.05, 0) is 68.2 Å². The molecule has 3 aromatic heterocycles. The Bertz CT molecular complexity index is 2020. The number of aromatic amines is 1. The van der Waals surface area contributed by atoms with Gasteiger partial charge in [0.25, 0.3) is 0 Å². The number of aromatic nitrogens is 5. The molecule has 1 aromatic carbocycles. The molecule has 5 fully saturated rings. The summed E-state index contributed by atoms with van der Waals surface area (Å²) in [7, 11) is 0. The van der Waals surface area contributed by atoms with Crippen LogP contribution in [0.4, 0.5) is 5.82 Å². The fourth-order valence-corrected chi connectivity index (χ4v) is 8.97. The minimum atomic E-state index is -0.0465. The second-order valence-corrected chi connectivity index (χ2v) is 14.6. The van der Waals surface area contributed by atoms with Gasteiger partial charge in [0, 0.05) is 41.2 Å². The molecule has 4 aromatic rings. The van der Waals surface area contributed by atoms with Crippen LogP contribution in [0.3, 0.4) is 0 Å². The first-order valence-corrected chi connectivity index (χ1v) is 17.6. The van der Waals surface area contributed by atoms with Gasteiger partial charge in [-0.3, -0.25) is 10.00 Å². The van der Waals surface area contributed by atoms with E-state index in [9.17, 15) is 0 Å². The number of hydrogen-bond donors (Lipinski definition) is 1. The number of anilines is 1. The maximum absolute atomic E-state index is 7.00. The predicted molar refractivity (Wildman–Crippen MR) is 183 cm³/mol. The molecule has 6 aliphatic rings. The summed E-state index contributed by atoms with van der Waals surface area (Å²) in [6, 6.07) is 2.32. The van der Waals surface area contributed by atoms with Crippen LogP contribution in [0.25, 0.3) is 39.1 Å². The van der Waals surface area contributed by atoms with Gasteiger partial charge in [-0.1, -0.05) is 29.8 Å². The van der Waals surface area contributed by atoms with Crippen molar-refractivity contribution in [2.45, 2.75) is 56.0 Å². The van der Waals surface area contributed by atoms with Crippen molar-refractivity contribution in [3.63, 3.8) is 0 Å². The minimum Gasteiger partial charge on any atom is -0.475 e. The molecule has 0 unspecified atom stereocenters. The van der Waals surface area contributed by atoms with Crippen molar-refractivity contribution in [1.29, 1.82) is 0 Å². The third-order valence-corrected chi connectivity index (χ3v) is 11.6. The Hall–Kier alpha value is -3.77. The number of rotatable bonds is 6. The van der Waals surface area contributed by atoms with Gasteiger partial charge in [0.1, 0.15) is 24.4 Å². The zero-order chi connectivity index (χ0) is 32.0. The Morgan fingerprint density at radius 3 is 2.85 bits per heavy atom. The van der Waals surface area contributed by atoms with Gasteiger partial charge in [0.05, 0.1) is 54.3 Å². The Balaban J connectivity index is 1.15. The van der Waals surface area contributed by atoms with E-state index in [1.165, 1.54) is 17.6 Å². The summed E-state index contributed by atoms with van der Waals surface area (Å²) in [4.78, 5) is 20.5. The lowest BCUT2D eigenvalue weighted by molar-refractivity contribution is 0.100. The van der Waals surface area contributed by atoms with Crippen molar-refractivity contribution in [3.05, 3.63) is 46.1 Å². The first-order valence-electron chi connectivity index (χ1n) is 17.3. The van der Waals surface area contributed by atoms with Crippen molar-refractivity contribution < 1.29 is 18.9 Å². The normalized spacial score (nSPS) is 25.4. The van der Waals surface area contributed by atoms with E-state index in [1.54, 1.807) is 0 Å². The molecule has 0 radical (unpaired) electrons. The van der Waals surface area contributed by atoms with Gasteiger partial charge >= 0.3 is 6.01 Å². The van der Waals surface area contributed by atoms with Crippen LogP contribution in [0, 0.1) is 0 Å². The summed E-state index contributed by atoms with van der Waals surface area (Å²) in [6.45, 7) is 10.9. The standard InChI is InChI=1S/C36H38ClN7O4/c1-2-24-31(29-25-13-38-42-27(25)11-26(37)28(29)20-5-6-20)39-34-30-32(24)40-35(41-33(30)44-9-4-10-45-17-23(44)18-47-34)48-19-36-7-3-8-43(36)14-21(12-36)22-15-46-16-22/h2,11,13,20,23H,1,3-10,12,14-19H2,(H,38,42)/t23-,36-/m0/s1. The molecule has 0 spiro atoms. The molecule has 4 saturated heterocycles. The van der Waals surface area contributed by atoms with Crippen LogP contribution in [-0.2, 0) is 9.47 Å². The van der Waals surface area contributed by atoms with Gasteiger partial charge in [-0.25, -0.2) is 4.98 Å². The second-order valence-electron chi connectivity index (χ2n) is 14.2. The monoisotopic (exact) mass is 667 g/mol. The van der Waals surface area contributed by atoms with E-state index in [2.05, 4.69) is 26.6 Å². The highest BCUT2D eigenvalue weighted by Gasteiger charge is 2.48. The van der Waals surface area contributed by atoms with Crippen molar-refractivity contribution >= 4 is 45.3 Å². The third-order valence-electron chi connectivity index (χ3n) is 11.3. The van der Waals surface area contributed by atoms with E-state index >= 15 is 0 Å². The average Bonchev–Trinajstić information content (AvgIpc) is 3.65. The molecule has 0 bridgehead atoms. The zero-order valence-corrected chi connectivity index (χ0v) is 27.7. The molecule has 48 heavy (non-hydrogen) atoms. The molecule has 248 valence electrons. The lowest BCUT2D eigenvalue weighted by Gasteiger charge is -2.31. The Morgan fingerprint density at radius 2 is 2.02 bits per heavy atom. The van der Waals surface area contributed by atoms with Crippen LogP contribution in [0.1, 0.15) is 55.6 Å². The van der Waals surface area contributed by atoms with Crippen LogP contribution in [-0.4, -0.2) is 101 Å². The van der Waals surface area contributed by atoms with Crippen LogP contribution in [0.5, 0.6) is 11.9 Å². The maximum atomic E-state index is 7.00. The SMILES string of the molecule is C=Cc1c(-c2c(C3CC3)c(Cl)cc3[nH]ncc23)nc2c3c(nc(OC[C@@]45CCCN4CC(=C4COC4)C5)nc13)N1CCCOC[C@H]1CO2. The number of nitrogens with one attached hydrogen (secondary N) is 1. The molecule has 8 heterocycles. The molecule has 1 N–H and O–H groups in total. The summed E-state index contributed by atoms with van der Waals surface area (Å²) < 4.78 is 24.8. The number of halogens is 1. The van der Waals surface area contributed by atoms with Gasteiger partial charge in [-0.15, -0.1) is 0 Å². The molecule has 0 amide bonds. The van der Waals surface area contributed by atoms with E-state index in [0.717, 1.165) is 115 Å². The van der Waals surface area contributed by atoms with Gasteiger partial charge in [0.15, 0.2) is 0 Å². The van der Waals surface area contributed by atoms with Crippen LogP contribution in [0.15, 0.2) is 30.0 Å². The number of hydrogen-bond acceptors (Lipinski definition) is 10. The van der Waals surface area contributed by atoms with Crippen molar-refractivity contribution in [2.75, 3.05) is 64.2 Å². The molecule has 2 atom stereocenters. The fourth-order valence-electron chi connectivity index (χ4n) is 8.62. The Labute approximate surface area is 283 Å². The smallest absolute Gasteiger partial charge is 0.319 e. The Kier molecular flexibility index (Phi) is 6.76. The van der Waals surface area contributed by atoms with Crippen molar-refractivity contribution in [2.24, 2.45) is 0 Å². The van der Waals surface area contributed by atoms with E-state index in [-0.39, 0.29) is 11.6 Å². The van der Waals surface area contributed by atoms with Gasteiger partial charge in [-0.2, -0.15) is 15.1 Å². The van der Waals surface area contributed by atoms with E-state index < -0.39 is 0 Å². The minimum absolute atomic E-state index is 0.0188. The highest BCUT2D eigenvalue weighted by molar-refractivity contribution is 6.33. The highest BCUT2D eigenvalue weighted by atomic mass is 35.5. The third kappa shape index (κ3) is 4.51. The highest BCUT2D eigenvalue weighted by Crippen LogP contribution is 2.52. The molecule has 1 saturated carbocycles. The average molecular weight is 668 g/mol. The van der Waals surface area contributed by atoms with Gasteiger partial charge in [0.2, 0.25) is 5.88 Å². The van der Waals surface area contributed by atoms with Crippen molar-refractivity contribution in [3.8, 4) is 23.1 Å². The number of H-pyrrole nitrogens is 1. The summed E-state index contributed by atoms with van der Waals surface area (Å²) in [5, 5.41) is 9.96. The Morgan fingerprint density at radius 1 is 1.10 bits per heavy atom. The largest absolute Gasteiger partial charge is 0.475 e. The van der Waals surface area contributed by atoms with Crippen molar-refractivity contribution in [1.82, 2.24) is 30.0 Å². The first kappa shape index (κ1) is 29.2. The summed E-state index contributed by atoms with van der Waals surface area (Å²) in [5.74, 6) is 1.65. The molecular formula is C36H38ClN7O4. The first-order chi connectivity index (χ1) is 23.6. The summed E-state index contributed by atoms with van der Waals surface area (Å²) in [5.41, 5.74) is 8.12. The number of benzene rings is 1. The molecular weight excluding hydrogens is 630 g/mol. The number of pyridine rings is 1. The zero-order valence-electron chi connectivity index (χ0n) is 26.9. The van der Waals surface area contributed by atoms with E-state index in [4.69, 9.17) is 45.5 Å². The summed E-state index contributed by atoms with van der Waals surface area (Å²) in [6.07, 6.45) is 10.1. The lowest BCUT2D eigenvalue weighted by atomic mass is 9.91. The van der Waals surface area contributed by atoms with Crippen LogP contribution in [0.2, 0.25) is 5.02 Å². The van der Waals surface area contributed by atoms with E-state index in [1.807, 2.05) is 18.3 Å². The number of nitrogens with zero attached hydrogens (tertiary/aromatic N) is 6. The van der Waals surface area contributed by atoms with Crippen LogP contribution >= 0.6 is 11.6 Å². The molecule has 12 heteroatoms. The topological polar surface area (TPSA) is 111 Å². The summed E-state index contributed by atoms with van der Waals surface area (Å²) >= 11 is 7.00. The van der Waals surface area contributed by atoms with E-state index in [0.29, 0.717) is 49.3 Å². The predicted octanol–water partition coefficient (Wildman–Crippen LogP) is 5.67. The number of ether oxygens (including phenoxy) is 4. The fraction of sp³-hybridized carbons (Fsp3) is 0.500. The molecule has 1 aliphatic carbocycles. The van der Waals surface area contributed by atoms with Gasteiger partial charge < -0.3 is 23.8 Å². The maximum Gasteiger partial charge on any atom is 0.319 e. The van der Waals surface area contributed by atoms with Crippen LogP contribution < -0.4 is 14.4 Å². The second kappa shape index (κ2) is 11.1. The molecule has 11 nitrogen and oxygen atoms in total. The molecule has 5 aliphatic heterocycles. The quantitative estimate of drug-likeness (QED) is 0.258. The number of fused-ring (bicyclic) bond motifs is 4. The lowest BCUT2D eigenvalue weighted by Crippen LogP contribution is -2.43.